The highest BCUT2D eigenvalue weighted by molar-refractivity contribution is 6.30. The Morgan fingerprint density at radius 1 is 1.26 bits per heavy atom. The molecule has 1 N–H and O–H groups in total. The van der Waals surface area contributed by atoms with Gasteiger partial charge >= 0.3 is 0 Å². The molecule has 0 radical (unpaired) electrons. The summed E-state index contributed by atoms with van der Waals surface area (Å²) in [7, 11) is 0. The number of amides is 1. The Hall–Kier alpha value is -2.14. The van der Waals surface area contributed by atoms with Crippen molar-refractivity contribution in [3.05, 3.63) is 64.7 Å². The van der Waals surface area contributed by atoms with Crippen molar-refractivity contribution in [3.63, 3.8) is 0 Å². The van der Waals surface area contributed by atoms with Gasteiger partial charge in [0, 0.05) is 11.1 Å². The topological polar surface area (TPSA) is 38.3 Å². The molecule has 0 aliphatic heterocycles. The highest BCUT2D eigenvalue weighted by Crippen LogP contribution is 2.21. The Morgan fingerprint density at radius 3 is 2.70 bits per heavy atom. The molecule has 6 heteroatoms. The summed E-state index contributed by atoms with van der Waals surface area (Å²) < 4.78 is 31.3. The first-order chi connectivity index (χ1) is 11.0. The van der Waals surface area contributed by atoms with Gasteiger partial charge in [-0.15, -0.1) is 0 Å². The second kappa shape index (κ2) is 7.92. The Morgan fingerprint density at radius 2 is 2.04 bits per heavy atom. The van der Waals surface area contributed by atoms with Gasteiger partial charge in [0.15, 0.2) is 18.2 Å². The van der Waals surface area contributed by atoms with Crippen molar-refractivity contribution in [2.24, 2.45) is 0 Å². The van der Waals surface area contributed by atoms with Gasteiger partial charge in [0.25, 0.3) is 5.91 Å². The van der Waals surface area contributed by atoms with Gasteiger partial charge in [-0.1, -0.05) is 30.7 Å². The van der Waals surface area contributed by atoms with E-state index in [0.29, 0.717) is 17.5 Å². The Labute approximate surface area is 138 Å². The zero-order chi connectivity index (χ0) is 16.8. The van der Waals surface area contributed by atoms with Crippen LogP contribution in [0.15, 0.2) is 42.5 Å². The molecular formula is C17H16ClF2NO2. The van der Waals surface area contributed by atoms with Crippen LogP contribution in [0.2, 0.25) is 5.02 Å². The Balaban J connectivity index is 1.95. The van der Waals surface area contributed by atoms with Crippen LogP contribution in [0.3, 0.4) is 0 Å². The van der Waals surface area contributed by atoms with Gasteiger partial charge in [-0.3, -0.25) is 4.79 Å². The van der Waals surface area contributed by atoms with Crippen LogP contribution in [0.4, 0.5) is 8.78 Å². The van der Waals surface area contributed by atoms with E-state index in [-0.39, 0.29) is 18.4 Å². The summed E-state index contributed by atoms with van der Waals surface area (Å²) in [5.74, 6) is -2.12. The molecule has 3 nitrogen and oxygen atoms in total. The largest absolute Gasteiger partial charge is 0.481 e. The van der Waals surface area contributed by atoms with Crippen molar-refractivity contribution in [1.82, 2.24) is 5.32 Å². The SMILES string of the molecule is CCC(NC(=O)COc1ccc(F)cc1F)c1cccc(Cl)c1. The molecule has 2 aromatic carbocycles. The molecule has 2 rings (SSSR count). The Bertz CT molecular complexity index is 694. The normalized spacial score (nSPS) is 11.8. The quantitative estimate of drug-likeness (QED) is 0.853. The average molecular weight is 340 g/mol. The predicted octanol–water partition coefficient (Wildman–Crippen LogP) is 4.26. The maximum atomic E-state index is 13.4. The van der Waals surface area contributed by atoms with E-state index in [2.05, 4.69) is 5.32 Å². The second-order valence-electron chi connectivity index (χ2n) is 4.95. The summed E-state index contributed by atoms with van der Waals surface area (Å²) in [5, 5.41) is 3.38. The smallest absolute Gasteiger partial charge is 0.258 e. The summed E-state index contributed by atoms with van der Waals surface area (Å²) in [6, 6.07) is 9.88. The molecule has 1 unspecified atom stereocenters. The van der Waals surface area contributed by atoms with E-state index in [9.17, 15) is 13.6 Å². The number of nitrogens with one attached hydrogen (secondary N) is 1. The highest BCUT2D eigenvalue weighted by atomic mass is 35.5. The molecule has 0 saturated carbocycles. The number of hydrogen-bond donors (Lipinski definition) is 1. The monoisotopic (exact) mass is 339 g/mol. The fraction of sp³-hybridized carbons (Fsp3) is 0.235. The number of carbonyl (C=O) groups excluding carboxylic acids is 1. The summed E-state index contributed by atoms with van der Waals surface area (Å²) in [6.07, 6.45) is 0.664. The van der Waals surface area contributed by atoms with Crippen molar-refractivity contribution >= 4 is 17.5 Å². The maximum Gasteiger partial charge on any atom is 0.258 e. The van der Waals surface area contributed by atoms with Crippen molar-refractivity contribution in [2.75, 3.05) is 6.61 Å². The minimum Gasteiger partial charge on any atom is -0.481 e. The first-order valence-electron chi connectivity index (χ1n) is 7.12. The molecule has 0 aromatic heterocycles. The lowest BCUT2D eigenvalue weighted by Crippen LogP contribution is -2.32. The number of halogens is 3. The van der Waals surface area contributed by atoms with Crippen LogP contribution in [0.5, 0.6) is 5.75 Å². The van der Waals surface area contributed by atoms with Gasteiger partial charge in [-0.05, 0) is 36.2 Å². The molecule has 1 atom stereocenters. The number of carbonyl (C=O) groups is 1. The summed E-state index contributed by atoms with van der Waals surface area (Å²) >= 11 is 5.94. The van der Waals surface area contributed by atoms with Crippen molar-refractivity contribution in [1.29, 1.82) is 0 Å². The first-order valence-corrected chi connectivity index (χ1v) is 7.50. The molecule has 0 heterocycles. The van der Waals surface area contributed by atoms with Crippen LogP contribution < -0.4 is 10.1 Å². The average Bonchev–Trinajstić information content (AvgIpc) is 2.51. The van der Waals surface area contributed by atoms with E-state index in [1.807, 2.05) is 13.0 Å². The van der Waals surface area contributed by atoms with Crippen molar-refractivity contribution in [3.8, 4) is 5.75 Å². The van der Waals surface area contributed by atoms with Crippen molar-refractivity contribution < 1.29 is 18.3 Å². The van der Waals surface area contributed by atoms with Crippen LogP contribution in [-0.2, 0) is 4.79 Å². The van der Waals surface area contributed by atoms with E-state index < -0.39 is 17.5 Å². The van der Waals surface area contributed by atoms with E-state index in [1.165, 1.54) is 0 Å². The van der Waals surface area contributed by atoms with Gasteiger partial charge < -0.3 is 10.1 Å². The van der Waals surface area contributed by atoms with E-state index >= 15 is 0 Å². The predicted molar refractivity (Wildman–Crippen MR) is 84.5 cm³/mol. The molecule has 0 fully saturated rings. The molecule has 0 aliphatic carbocycles. The van der Waals surface area contributed by atoms with E-state index in [1.54, 1.807) is 18.2 Å². The number of ether oxygens (including phenoxy) is 1. The summed E-state index contributed by atoms with van der Waals surface area (Å²) in [5.41, 5.74) is 0.876. The third kappa shape index (κ3) is 4.93. The van der Waals surface area contributed by atoms with Gasteiger partial charge in [-0.25, -0.2) is 8.78 Å². The van der Waals surface area contributed by atoms with Crippen LogP contribution in [0, 0.1) is 11.6 Å². The third-order valence-electron chi connectivity index (χ3n) is 3.25. The minimum atomic E-state index is -0.848. The number of hydrogen-bond acceptors (Lipinski definition) is 2. The molecule has 1 amide bonds. The molecule has 122 valence electrons. The van der Waals surface area contributed by atoms with Gasteiger partial charge in [0.2, 0.25) is 0 Å². The molecular weight excluding hydrogens is 324 g/mol. The lowest BCUT2D eigenvalue weighted by Gasteiger charge is -2.18. The van der Waals surface area contributed by atoms with Gasteiger partial charge in [-0.2, -0.15) is 0 Å². The summed E-state index contributed by atoms with van der Waals surface area (Å²) in [4.78, 5) is 12.0. The molecule has 0 saturated heterocycles. The van der Waals surface area contributed by atoms with E-state index in [4.69, 9.17) is 16.3 Å². The fourth-order valence-corrected chi connectivity index (χ4v) is 2.31. The first kappa shape index (κ1) is 17.2. The summed E-state index contributed by atoms with van der Waals surface area (Å²) in [6.45, 7) is 1.56. The molecule has 0 spiro atoms. The molecule has 0 aliphatic rings. The van der Waals surface area contributed by atoms with Crippen LogP contribution in [-0.4, -0.2) is 12.5 Å². The zero-order valence-corrected chi connectivity index (χ0v) is 13.2. The number of benzene rings is 2. The van der Waals surface area contributed by atoms with Crippen molar-refractivity contribution in [2.45, 2.75) is 19.4 Å². The molecule has 2 aromatic rings. The van der Waals surface area contributed by atoms with Crippen LogP contribution >= 0.6 is 11.6 Å². The fourth-order valence-electron chi connectivity index (χ4n) is 2.12. The van der Waals surface area contributed by atoms with E-state index in [0.717, 1.165) is 17.7 Å². The lowest BCUT2D eigenvalue weighted by molar-refractivity contribution is -0.123. The minimum absolute atomic E-state index is 0.169. The lowest BCUT2D eigenvalue weighted by atomic mass is 10.0. The van der Waals surface area contributed by atoms with Crippen LogP contribution in [0.25, 0.3) is 0 Å². The van der Waals surface area contributed by atoms with Gasteiger partial charge in [0.05, 0.1) is 6.04 Å². The number of rotatable bonds is 6. The third-order valence-corrected chi connectivity index (χ3v) is 3.48. The van der Waals surface area contributed by atoms with Crippen LogP contribution in [0.1, 0.15) is 24.9 Å². The molecule has 0 bridgehead atoms. The second-order valence-corrected chi connectivity index (χ2v) is 5.38. The molecule has 23 heavy (non-hydrogen) atoms. The standard InChI is InChI=1S/C17H16ClF2NO2/c1-2-15(11-4-3-5-12(18)8-11)21-17(22)10-23-16-7-6-13(19)9-14(16)20/h3-9,15H,2,10H2,1H3,(H,21,22). The zero-order valence-electron chi connectivity index (χ0n) is 12.5. The maximum absolute atomic E-state index is 13.4. The highest BCUT2D eigenvalue weighted by Gasteiger charge is 2.14. The Kier molecular flexibility index (Phi) is 5.93. The van der Waals surface area contributed by atoms with Gasteiger partial charge in [0.1, 0.15) is 5.82 Å².